The van der Waals surface area contributed by atoms with Crippen LogP contribution in [0.4, 0.5) is 11.4 Å². The first-order valence-electron chi connectivity index (χ1n) is 12.4. The molecule has 2 aromatic carbocycles. The van der Waals surface area contributed by atoms with Crippen LogP contribution in [0.15, 0.2) is 91.9 Å². The molecule has 5 rings (SSSR count). The van der Waals surface area contributed by atoms with E-state index in [4.69, 9.17) is 0 Å². The number of anilines is 2. The lowest BCUT2D eigenvalue weighted by atomic mass is 9.98. The van der Waals surface area contributed by atoms with Crippen LogP contribution in [-0.2, 0) is 6.54 Å². The van der Waals surface area contributed by atoms with Crippen molar-refractivity contribution in [2.24, 2.45) is 0 Å². The number of carbonyl (C=O) groups is 1. The summed E-state index contributed by atoms with van der Waals surface area (Å²) in [6.45, 7) is 2.92. The van der Waals surface area contributed by atoms with E-state index in [9.17, 15) is 4.79 Å². The fourth-order valence-electron chi connectivity index (χ4n) is 4.68. The van der Waals surface area contributed by atoms with Crippen molar-refractivity contribution in [1.29, 1.82) is 0 Å². The third-order valence-corrected chi connectivity index (χ3v) is 6.66. The van der Waals surface area contributed by atoms with Gasteiger partial charge in [-0.15, -0.1) is 0 Å². The van der Waals surface area contributed by atoms with E-state index < -0.39 is 0 Å². The minimum Gasteiger partial charge on any atom is -0.371 e. The number of piperidine rings is 1. The second-order valence-electron chi connectivity index (χ2n) is 9.07. The van der Waals surface area contributed by atoms with Crippen LogP contribution in [0.2, 0.25) is 0 Å². The summed E-state index contributed by atoms with van der Waals surface area (Å²) in [5.74, 6) is -0.260. The lowest BCUT2D eigenvalue weighted by Gasteiger charge is -2.36. The molecule has 1 aliphatic rings. The van der Waals surface area contributed by atoms with Crippen molar-refractivity contribution < 1.29 is 4.79 Å². The molecule has 1 amide bonds. The molecule has 1 saturated heterocycles. The molecule has 4 aromatic rings. The zero-order valence-electron chi connectivity index (χ0n) is 20.2. The molecule has 0 bridgehead atoms. The van der Waals surface area contributed by atoms with Gasteiger partial charge in [-0.2, -0.15) is 0 Å². The number of aromatic nitrogens is 4. The third kappa shape index (κ3) is 6.14. The van der Waals surface area contributed by atoms with E-state index in [1.54, 1.807) is 6.20 Å². The van der Waals surface area contributed by atoms with Gasteiger partial charge in [-0.25, -0.2) is 9.97 Å². The molecule has 1 fully saturated rings. The zero-order chi connectivity index (χ0) is 24.6. The van der Waals surface area contributed by atoms with Gasteiger partial charge in [0, 0.05) is 67.9 Å². The van der Waals surface area contributed by atoms with E-state index in [1.165, 1.54) is 23.6 Å². The number of aryl methyl sites for hydroxylation is 1. The van der Waals surface area contributed by atoms with Crippen molar-refractivity contribution in [3.8, 4) is 0 Å². The highest BCUT2D eigenvalue weighted by atomic mass is 16.1. The van der Waals surface area contributed by atoms with Crippen molar-refractivity contribution in [3.05, 3.63) is 103 Å². The summed E-state index contributed by atoms with van der Waals surface area (Å²) in [5.41, 5.74) is 3.55. The quantitative estimate of drug-likeness (QED) is 0.370. The Kier molecular flexibility index (Phi) is 7.63. The minimum atomic E-state index is -0.260. The molecule has 3 heterocycles. The molecule has 0 radical (unpaired) electrons. The molecule has 0 saturated carbocycles. The second kappa shape index (κ2) is 11.6. The molecule has 8 nitrogen and oxygen atoms in total. The first kappa shape index (κ1) is 23.7. The smallest absolute Gasteiger partial charge is 0.275 e. The van der Waals surface area contributed by atoms with Gasteiger partial charge in [-0.1, -0.05) is 30.3 Å². The molecule has 2 N–H and O–H groups in total. The molecule has 1 atom stereocenters. The Bertz CT molecular complexity index is 1210. The van der Waals surface area contributed by atoms with Gasteiger partial charge in [0.2, 0.25) is 0 Å². The van der Waals surface area contributed by atoms with Crippen LogP contribution < -0.4 is 15.5 Å². The summed E-state index contributed by atoms with van der Waals surface area (Å²) < 4.78 is 2.14. The first-order valence-corrected chi connectivity index (χ1v) is 12.4. The Labute approximate surface area is 211 Å². The zero-order valence-corrected chi connectivity index (χ0v) is 20.2. The van der Waals surface area contributed by atoms with Crippen LogP contribution >= 0.6 is 0 Å². The average Bonchev–Trinajstić information content (AvgIpc) is 3.47. The van der Waals surface area contributed by atoms with E-state index in [0.717, 1.165) is 44.6 Å². The number of hydrogen-bond acceptors (Lipinski definition) is 6. The highest BCUT2D eigenvalue weighted by Gasteiger charge is 2.23. The number of imidazole rings is 1. The van der Waals surface area contributed by atoms with Crippen molar-refractivity contribution in [1.82, 2.24) is 24.8 Å². The summed E-state index contributed by atoms with van der Waals surface area (Å²) in [4.78, 5) is 26.9. The van der Waals surface area contributed by atoms with Crippen LogP contribution in [0.1, 0.15) is 41.4 Å². The minimum absolute atomic E-state index is 0.260. The van der Waals surface area contributed by atoms with Gasteiger partial charge in [0.1, 0.15) is 5.69 Å². The number of benzene rings is 2. The summed E-state index contributed by atoms with van der Waals surface area (Å²) in [7, 11) is 0. The van der Waals surface area contributed by atoms with Gasteiger partial charge in [0.25, 0.3) is 5.91 Å². The number of carbonyl (C=O) groups excluding carboxylic acids is 1. The molecular weight excluding hydrogens is 450 g/mol. The molecule has 1 aliphatic heterocycles. The summed E-state index contributed by atoms with van der Waals surface area (Å²) in [6, 6.07) is 19.5. The summed E-state index contributed by atoms with van der Waals surface area (Å²) in [6.07, 6.45) is 13.4. The van der Waals surface area contributed by atoms with Crippen molar-refractivity contribution in [3.63, 3.8) is 0 Å². The van der Waals surface area contributed by atoms with Gasteiger partial charge >= 0.3 is 0 Å². The fraction of sp³-hybridized carbons (Fsp3) is 0.286. The Morgan fingerprint density at radius 1 is 0.972 bits per heavy atom. The standard InChI is InChI=1S/C28H31N7O/c36-28(27-20-29-13-14-31-27)33-23-6-8-25(9-7-23)35-17-10-24(11-18-35)32-26(22-4-2-1-3-5-22)12-16-34-19-15-30-21-34/h1-9,13-15,19-21,24,26,32H,10-12,16-18H2,(H,33,36). The van der Waals surface area contributed by atoms with Crippen molar-refractivity contribution in [2.75, 3.05) is 23.3 Å². The number of hydrogen-bond donors (Lipinski definition) is 2. The Balaban J connectivity index is 1.14. The molecule has 0 aliphatic carbocycles. The van der Waals surface area contributed by atoms with Gasteiger partial charge in [-0.3, -0.25) is 9.78 Å². The maximum absolute atomic E-state index is 12.3. The average molecular weight is 482 g/mol. The SMILES string of the molecule is O=C(Nc1ccc(N2CCC(NC(CCn3ccnc3)c3ccccc3)CC2)cc1)c1cnccn1. The Morgan fingerprint density at radius 2 is 1.78 bits per heavy atom. The summed E-state index contributed by atoms with van der Waals surface area (Å²) >= 11 is 0. The maximum atomic E-state index is 12.3. The van der Waals surface area contributed by atoms with Gasteiger partial charge in [-0.05, 0) is 49.1 Å². The number of rotatable bonds is 9. The number of nitrogens with one attached hydrogen (secondary N) is 2. The monoisotopic (exact) mass is 481 g/mol. The molecule has 2 aromatic heterocycles. The topological polar surface area (TPSA) is 88.0 Å². The highest BCUT2D eigenvalue weighted by molar-refractivity contribution is 6.02. The maximum Gasteiger partial charge on any atom is 0.275 e. The fourth-order valence-corrected chi connectivity index (χ4v) is 4.68. The van der Waals surface area contributed by atoms with Gasteiger partial charge < -0.3 is 20.1 Å². The number of amides is 1. The molecule has 8 heteroatoms. The van der Waals surface area contributed by atoms with Gasteiger partial charge in [0.15, 0.2) is 0 Å². The molecule has 1 unspecified atom stereocenters. The van der Waals surface area contributed by atoms with Crippen LogP contribution in [-0.4, -0.2) is 44.6 Å². The third-order valence-electron chi connectivity index (χ3n) is 6.66. The normalized spacial score (nSPS) is 14.9. The highest BCUT2D eigenvalue weighted by Crippen LogP contribution is 2.25. The largest absolute Gasteiger partial charge is 0.371 e. The van der Waals surface area contributed by atoms with E-state index in [2.05, 4.69) is 77.5 Å². The lowest BCUT2D eigenvalue weighted by molar-refractivity contribution is 0.102. The van der Waals surface area contributed by atoms with Crippen molar-refractivity contribution >= 4 is 17.3 Å². The van der Waals surface area contributed by atoms with E-state index in [0.29, 0.717) is 17.8 Å². The lowest BCUT2D eigenvalue weighted by Crippen LogP contribution is -2.44. The Morgan fingerprint density at radius 3 is 2.47 bits per heavy atom. The van der Waals surface area contributed by atoms with E-state index >= 15 is 0 Å². The summed E-state index contributed by atoms with van der Waals surface area (Å²) in [5, 5.41) is 6.81. The molecule has 184 valence electrons. The van der Waals surface area contributed by atoms with E-state index in [-0.39, 0.29) is 5.91 Å². The van der Waals surface area contributed by atoms with E-state index in [1.807, 2.05) is 30.9 Å². The predicted octanol–water partition coefficient (Wildman–Crippen LogP) is 4.32. The number of nitrogens with zero attached hydrogens (tertiary/aromatic N) is 5. The van der Waals surface area contributed by atoms with Gasteiger partial charge in [0.05, 0.1) is 12.5 Å². The molecule has 36 heavy (non-hydrogen) atoms. The second-order valence-corrected chi connectivity index (χ2v) is 9.07. The van der Waals surface area contributed by atoms with Crippen LogP contribution in [0.25, 0.3) is 0 Å². The van der Waals surface area contributed by atoms with Crippen LogP contribution in [0, 0.1) is 0 Å². The van der Waals surface area contributed by atoms with Crippen LogP contribution in [0.5, 0.6) is 0 Å². The van der Waals surface area contributed by atoms with Crippen LogP contribution in [0.3, 0.4) is 0 Å². The molecular formula is C28H31N7O. The predicted molar refractivity (Wildman–Crippen MR) is 141 cm³/mol. The molecule has 0 spiro atoms. The first-order chi connectivity index (χ1) is 17.7. The Hall–Kier alpha value is -4.04. The van der Waals surface area contributed by atoms with Crippen molar-refractivity contribution in [2.45, 2.75) is 37.9 Å².